The van der Waals surface area contributed by atoms with E-state index in [1.807, 2.05) is 31.2 Å². The van der Waals surface area contributed by atoms with Gasteiger partial charge in [0.15, 0.2) is 5.16 Å². The minimum atomic E-state index is -0.0206. The molecule has 1 aliphatic rings. The second-order valence-corrected chi connectivity index (χ2v) is 9.03. The molecule has 0 saturated carbocycles. The summed E-state index contributed by atoms with van der Waals surface area (Å²) in [5, 5.41) is 9.31. The van der Waals surface area contributed by atoms with Gasteiger partial charge in [-0.15, -0.1) is 21.5 Å². The number of rotatable bonds is 6. The second kappa shape index (κ2) is 7.88. The smallest absolute Gasteiger partial charge is 0.267 e. The molecule has 3 aromatic heterocycles. The third-order valence-electron chi connectivity index (χ3n) is 5.01. The van der Waals surface area contributed by atoms with Crippen molar-refractivity contribution in [3.8, 4) is 11.4 Å². The van der Waals surface area contributed by atoms with Crippen LogP contribution in [-0.2, 0) is 18.6 Å². The van der Waals surface area contributed by atoms with Crippen molar-refractivity contribution in [1.82, 2.24) is 19.7 Å². The van der Waals surface area contributed by atoms with Gasteiger partial charge in [0.05, 0.1) is 23.4 Å². The highest BCUT2D eigenvalue weighted by molar-refractivity contribution is 7.98. The molecule has 3 heterocycles. The van der Waals surface area contributed by atoms with Crippen LogP contribution in [-0.4, -0.2) is 26.4 Å². The van der Waals surface area contributed by atoms with E-state index in [9.17, 15) is 4.79 Å². The van der Waals surface area contributed by atoms with E-state index in [1.54, 1.807) is 22.8 Å². The Morgan fingerprint density at radius 2 is 2.07 bits per heavy atom. The highest BCUT2D eigenvalue weighted by atomic mass is 32.2. The predicted molar refractivity (Wildman–Crippen MR) is 117 cm³/mol. The summed E-state index contributed by atoms with van der Waals surface area (Å²) in [6, 6.07) is 7.55. The van der Waals surface area contributed by atoms with E-state index in [0.717, 1.165) is 40.9 Å². The molecular weight excluding hydrogens is 420 g/mol. The van der Waals surface area contributed by atoms with E-state index < -0.39 is 0 Å². The Bertz CT molecular complexity index is 1270. The number of ether oxygens (including phenoxy) is 1. The summed E-state index contributed by atoms with van der Waals surface area (Å²) in [6.07, 6.45) is 3.08. The third kappa shape index (κ3) is 3.41. The molecule has 0 N–H and O–H groups in total. The first kappa shape index (κ1) is 19.3. The summed E-state index contributed by atoms with van der Waals surface area (Å²) in [7, 11) is 0. The maximum absolute atomic E-state index is 13.6. The Balaban J connectivity index is 1.62. The van der Waals surface area contributed by atoms with Gasteiger partial charge >= 0.3 is 0 Å². The Morgan fingerprint density at radius 1 is 1.23 bits per heavy atom. The topological polar surface area (TPSA) is 83.0 Å². The lowest BCUT2D eigenvalue weighted by molar-refractivity contribution is 0.340. The quantitative estimate of drug-likeness (QED) is 0.326. The molecule has 5 rings (SSSR count). The molecule has 0 amide bonds. The van der Waals surface area contributed by atoms with Crippen LogP contribution >= 0.6 is 23.1 Å². The van der Waals surface area contributed by atoms with Gasteiger partial charge in [-0.25, -0.2) is 4.98 Å². The zero-order valence-corrected chi connectivity index (χ0v) is 18.3. The van der Waals surface area contributed by atoms with Crippen molar-refractivity contribution < 1.29 is 9.15 Å². The van der Waals surface area contributed by atoms with Crippen LogP contribution in [0.25, 0.3) is 15.9 Å². The minimum Gasteiger partial charge on any atom is -0.494 e. The molecule has 7 nitrogen and oxygen atoms in total. The van der Waals surface area contributed by atoms with Crippen molar-refractivity contribution in [3.05, 3.63) is 56.8 Å². The van der Waals surface area contributed by atoms with Crippen LogP contribution in [0.4, 0.5) is 0 Å². The van der Waals surface area contributed by atoms with Crippen molar-refractivity contribution in [1.29, 1.82) is 0 Å². The fraction of sp³-hybridized carbons (Fsp3) is 0.333. The zero-order chi connectivity index (χ0) is 20.7. The fourth-order valence-electron chi connectivity index (χ4n) is 3.73. The number of nitrogens with zero attached hydrogens (tertiary/aromatic N) is 4. The molecular formula is C21H20N4O3S2. The first-order chi connectivity index (χ1) is 14.6. The number of thioether (sulfide) groups is 1. The highest BCUT2D eigenvalue weighted by Gasteiger charge is 2.24. The lowest BCUT2D eigenvalue weighted by Crippen LogP contribution is -2.21. The molecule has 0 radical (unpaired) electrons. The molecule has 30 heavy (non-hydrogen) atoms. The van der Waals surface area contributed by atoms with Gasteiger partial charge in [-0.2, -0.15) is 0 Å². The molecule has 4 aromatic rings. The number of benzene rings is 1. The predicted octanol–water partition coefficient (Wildman–Crippen LogP) is 4.32. The van der Waals surface area contributed by atoms with Gasteiger partial charge in [0.2, 0.25) is 11.8 Å². The Hall–Kier alpha value is -2.65. The van der Waals surface area contributed by atoms with Crippen molar-refractivity contribution in [2.24, 2.45) is 0 Å². The number of aryl methyl sites for hydroxylation is 3. The first-order valence-corrected chi connectivity index (χ1v) is 11.7. The van der Waals surface area contributed by atoms with Gasteiger partial charge in [-0.3, -0.25) is 9.36 Å². The summed E-state index contributed by atoms with van der Waals surface area (Å²) in [6.45, 7) is 4.30. The molecule has 1 aromatic carbocycles. The van der Waals surface area contributed by atoms with Gasteiger partial charge in [-0.05, 0) is 56.0 Å². The lowest BCUT2D eigenvalue weighted by Gasteiger charge is -2.12. The molecule has 0 fully saturated rings. The van der Waals surface area contributed by atoms with E-state index in [1.165, 1.54) is 22.2 Å². The van der Waals surface area contributed by atoms with Crippen molar-refractivity contribution in [2.75, 3.05) is 6.61 Å². The van der Waals surface area contributed by atoms with E-state index in [2.05, 4.69) is 10.2 Å². The number of hydrogen-bond donors (Lipinski definition) is 0. The van der Waals surface area contributed by atoms with Gasteiger partial charge in [-0.1, -0.05) is 11.8 Å². The van der Waals surface area contributed by atoms with Crippen LogP contribution in [0, 0.1) is 6.92 Å². The Kier molecular flexibility index (Phi) is 5.08. The molecule has 9 heteroatoms. The molecule has 0 aliphatic heterocycles. The van der Waals surface area contributed by atoms with Gasteiger partial charge in [0, 0.05) is 11.8 Å². The minimum absolute atomic E-state index is 0.0206. The van der Waals surface area contributed by atoms with Crippen LogP contribution < -0.4 is 10.3 Å². The van der Waals surface area contributed by atoms with Crippen LogP contribution in [0.5, 0.6) is 5.75 Å². The summed E-state index contributed by atoms with van der Waals surface area (Å²) in [5.41, 5.74) is 1.92. The molecule has 0 spiro atoms. The van der Waals surface area contributed by atoms with E-state index in [-0.39, 0.29) is 5.56 Å². The summed E-state index contributed by atoms with van der Waals surface area (Å²) >= 11 is 3.07. The average molecular weight is 441 g/mol. The maximum atomic E-state index is 13.6. The third-order valence-corrected chi connectivity index (χ3v) is 7.12. The number of fused-ring (bicyclic) bond motifs is 3. The van der Waals surface area contributed by atoms with Crippen molar-refractivity contribution in [2.45, 2.75) is 44.0 Å². The van der Waals surface area contributed by atoms with Crippen molar-refractivity contribution >= 4 is 33.3 Å². The highest BCUT2D eigenvalue weighted by Crippen LogP contribution is 2.36. The van der Waals surface area contributed by atoms with Crippen LogP contribution in [0.3, 0.4) is 0 Å². The molecule has 154 valence electrons. The van der Waals surface area contributed by atoms with Crippen molar-refractivity contribution in [3.63, 3.8) is 0 Å². The first-order valence-electron chi connectivity index (χ1n) is 9.86. The van der Waals surface area contributed by atoms with E-state index in [0.29, 0.717) is 29.3 Å². The summed E-state index contributed by atoms with van der Waals surface area (Å²) < 4.78 is 12.7. The summed E-state index contributed by atoms with van der Waals surface area (Å²) in [4.78, 5) is 20.6. The second-order valence-electron chi connectivity index (χ2n) is 7.00. The van der Waals surface area contributed by atoms with Crippen LogP contribution in [0.15, 0.2) is 38.6 Å². The van der Waals surface area contributed by atoms with Gasteiger partial charge in [0.25, 0.3) is 5.56 Å². The van der Waals surface area contributed by atoms with E-state index >= 15 is 0 Å². The average Bonchev–Trinajstić information content (AvgIpc) is 3.43. The number of aromatic nitrogens is 4. The summed E-state index contributed by atoms with van der Waals surface area (Å²) in [5.74, 6) is 2.25. The van der Waals surface area contributed by atoms with Crippen LogP contribution in [0.2, 0.25) is 0 Å². The Labute approximate surface area is 181 Å². The lowest BCUT2D eigenvalue weighted by atomic mass is 10.2. The van der Waals surface area contributed by atoms with Crippen LogP contribution in [0.1, 0.15) is 35.6 Å². The normalized spacial score (nSPS) is 13.1. The standard InChI is InChI=1S/C21H20N4O3S2/c1-3-27-14-9-7-13(8-10-14)25-20(26)18-15-5-4-6-16(15)30-19(18)22-21(25)29-11-17-24-23-12(2)28-17/h7-10H,3-6,11H2,1-2H3. The maximum Gasteiger partial charge on any atom is 0.267 e. The molecule has 0 bridgehead atoms. The largest absolute Gasteiger partial charge is 0.494 e. The monoisotopic (exact) mass is 440 g/mol. The molecule has 1 aliphatic carbocycles. The zero-order valence-electron chi connectivity index (χ0n) is 16.7. The van der Waals surface area contributed by atoms with Gasteiger partial charge < -0.3 is 9.15 Å². The SMILES string of the molecule is CCOc1ccc(-n2c(SCc3nnc(C)o3)nc3sc4c(c3c2=O)CCC4)cc1. The molecule has 0 unspecified atom stereocenters. The Morgan fingerprint density at radius 3 is 2.80 bits per heavy atom. The van der Waals surface area contributed by atoms with Gasteiger partial charge in [0.1, 0.15) is 10.6 Å². The fourth-order valence-corrected chi connectivity index (χ4v) is 5.88. The molecule has 0 atom stereocenters. The number of hydrogen-bond acceptors (Lipinski definition) is 8. The van der Waals surface area contributed by atoms with E-state index in [4.69, 9.17) is 14.1 Å². The number of thiophene rings is 1. The molecule has 0 saturated heterocycles.